The lowest BCUT2D eigenvalue weighted by molar-refractivity contribution is -0.170. The van der Waals surface area contributed by atoms with Crippen molar-refractivity contribution in [3.05, 3.63) is 41.6 Å². The number of aromatic nitrogens is 2. The van der Waals surface area contributed by atoms with E-state index in [9.17, 15) is 22.4 Å². The van der Waals surface area contributed by atoms with Crippen molar-refractivity contribution in [3.63, 3.8) is 0 Å². The summed E-state index contributed by atoms with van der Waals surface area (Å²) in [5.41, 5.74) is 6.14. The minimum absolute atomic E-state index is 0.0373. The van der Waals surface area contributed by atoms with E-state index in [1.165, 1.54) is 35.1 Å². The Morgan fingerprint density at radius 3 is 2.73 bits per heavy atom. The summed E-state index contributed by atoms with van der Waals surface area (Å²) in [6, 6.07) is 5.29. The minimum atomic E-state index is -4.71. The summed E-state index contributed by atoms with van der Waals surface area (Å²) in [6.45, 7) is -0.615. The van der Waals surface area contributed by atoms with Crippen LogP contribution in [0, 0.1) is 11.3 Å². The molecule has 0 bridgehead atoms. The molecule has 2 aromatic rings. The molecule has 0 spiro atoms. The highest BCUT2D eigenvalue weighted by molar-refractivity contribution is 5.95. The van der Waals surface area contributed by atoms with E-state index in [0.717, 1.165) is 0 Å². The average molecular weight is 367 g/mol. The summed E-state index contributed by atoms with van der Waals surface area (Å²) < 4.78 is 53.9. The fourth-order valence-electron chi connectivity index (χ4n) is 2.91. The van der Waals surface area contributed by atoms with Gasteiger partial charge in [-0.3, -0.25) is 4.79 Å². The van der Waals surface area contributed by atoms with Gasteiger partial charge in [0.05, 0.1) is 18.4 Å². The summed E-state index contributed by atoms with van der Waals surface area (Å²) in [4.78, 5) is 13.0. The lowest BCUT2D eigenvalue weighted by atomic mass is 10.1. The number of carbonyl (C=O) groups is 1. The molecule has 136 valence electrons. The van der Waals surface area contributed by atoms with Crippen LogP contribution in [0.2, 0.25) is 0 Å². The van der Waals surface area contributed by atoms with Crippen molar-refractivity contribution >= 4 is 11.7 Å². The topological polar surface area (TPSA) is 87.9 Å². The smallest absolute Gasteiger partial charge is 0.382 e. The molecule has 10 heteroatoms. The zero-order chi connectivity index (χ0) is 19.1. The molecule has 0 aliphatic carbocycles. The van der Waals surface area contributed by atoms with Crippen LogP contribution >= 0.6 is 0 Å². The standard InChI is InChI=1S/C16H13F4N5O/c17-11-5-13(16(18,19)20)24(8-11)15(26)9-2-1-3-12(4-9)25-14(22)10(6-21)7-23-25/h1-4,7,11,13H,5,8,22H2/t11-,13+/m0/s1. The molecule has 0 saturated carbocycles. The van der Waals surface area contributed by atoms with Gasteiger partial charge in [0.1, 0.15) is 29.7 Å². The van der Waals surface area contributed by atoms with E-state index in [1.807, 2.05) is 6.07 Å². The highest BCUT2D eigenvalue weighted by Gasteiger charge is 2.51. The molecular formula is C16H13F4N5O. The van der Waals surface area contributed by atoms with Gasteiger partial charge < -0.3 is 10.6 Å². The van der Waals surface area contributed by atoms with Gasteiger partial charge >= 0.3 is 6.18 Å². The third-order valence-corrected chi connectivity index (χ3v) is 4.15. The SMILES string of the molecule is N#Cc1cnn(-c2cccc(C(=O)N3C[C@@H](F)C[C@@H]3C(F)(F)F)c2)c1N. The molecule has 2 atom stereocenters. The van der Waals surface area contributed by atoms with E-state index in [2.05, 4.69) is 5.10 Å². The number of hydrogen-bond donors (Lipinski definition) is 1. The zero-order valence-corrected chi connectivity index (χ0v) is 13.2. The van der Waals surface area contributed by atoms with Gasteiger partial charge in [-0.05, 0) is 18.2 Å². The lowest BCUT2D eigenvalue weighted by Crippen LogP contribution is -2.44. The van der Waals surface area contributed by atoms with Gasteiger partial charge in [-0.1, -0.05) is 6.07 Å². The van der Waals surface area contributed by atoms with Gasteiger partial charge in [-0.2, -0.15) is 23.5 Å². The molecule has 1 saturated heterocycles. The largest absolute Gasteiger partial charge is 0.408 e. The first-order valence-corrected chi connectivity index (χ1v) is 7.58. The third-order valence-electron chi connectivity index (χ3n) is 4.15. The van der Waals surface area contributed by atoms with Crippen molar-refractivity contribution in [3.8, 4) is 11.8 Å². The highest BCUT2D eigenvalue weighted by atomic mass is 19.4. The van der Waals surface area contributed by atoms with Crippen molar-refractivity contribution in [2.75, 3.05) is 12.3 Å². The van der Waals surface area contributed by atoms with E-state index in [-0.39, 0.29) is 16.9 Å². The van der Waals surface area contributed by atoms with E-state index in [0.29, 0.717) is 10.6 Å². The number of likely N-dealkylation sites (tertiary alicyclic amines) is 1. The fourth-order valence-corrected chi connectivity index (χ4v) is 2.91. The molecule has 1 aromatic heterocycles. The molecule has 1 aliphatic heterocycles. The Kier molecular flexibility index (Phi) is 4.31. The van der Waals surface area contributed by atoms with Crippen LogP contribution in [0.5, 0.6) is 0 Å². The number of rotatable bonds is 2. The van der Waals surface area contributed by atoms with Crippen LogP contribution in [0.4, 0.5) is 23.4 Å². The number of hydrogen-bond acceptors (Lipinski definition) is 4. The van der Waals surface area contributed by atoms with Gasteiger partial charge in [0.25, 0.3) is 5.91 Å². The first-order valence-electron chi connectivity index (χ1n) is 7.58. The summed E-state index contributed by atoms with van der Waals surface area (Å²) in [7, 11) is 0. The van der Waals surface area contributed by atoms with E-state index in [4.69, 9.17) is 11.0 Å². The molecule has 6 nitrogen and oxygen atoms in total. The molecule has 0 unspecified atom stereocenters. The maximum absolute atomic E-state index is 13.5. The minimum Gasteiger partial charge on any atom is -0.382 e. The van der Waals surface area contributed by atoms with Gasteiger partial charge in [-0.15, -0.1) is 0 Å². The fraction of sp³-hybridized carbons (Fsp3) is 0.312. The van der Waals surface area contributed by atoms with E-state index >= 15 is 0 Å². The number of alkyl halides is 4. The summed E-state index contributed by atoms with van der Waals surface area (Å²) in [5, 5.41) is 12.8. The van der Waals surface area contributed by atoms with Gasteiger partial charge in [0, 0.05) is 12.0 Å². The second-order valence-corrected chi connectivity index (χ2v) is 5.87. The Morgan fingerprint density at radius 2 is 2.12 bits per heavy atom. The van der Waals surface area contributed by atoms with Crippen molar-refractivity contribution in [1.82, 2.24) is 14.7 Å². The maximum atomic E-state index is 13.5. The van der Waals surface area contributed by atoms with Crippen molar-refractivity contribution in [2.24, 2.45) is 0 Å². The van der Waals surface area contributed by atoms with Crippen molar-refractivity contribution in [1.29, 1.82) is 5.26 Å². The van der Waals surface area contributed by atoms with Crippen molar-refractivity contribution in [2.45, 2.75) is 24.8 Å². The first-order chi connectivity index (χ1) is 12.2. The molecule has 26 heavy (non-hydrogen) atoms. The number of nitrogen functional groups attached to an aromatic ring is 1. The average Bonchev–Trinajstić information content (AvgIpc) is 3.17. The summed E-state index contributed by atoms with van der Waals surface area (Å²) in [5.74, 6) is -0.893. The molecule has 1 fully saturated rings. The third kappa shape index (κ3) is 3.08. The number of benzene rings is 1. The van der Waals surface area contributed by atoms with Crippen molar-refractivity contribution < 1.29 is 22.4 Å². The van der Waals surface area contributed by atoms with Gasteiger partial charge in [0.2, 0.25) is 0 Å². The van der Waals surface area contributed by atoms with Crippen LogP contribution in [0.3, 0.4) is 0 Å². The van der Waals surface area contributed by atoms with Gasteiger partial charge in [-0.25, -0.2) is 9.07 Å². The number of amides is 1. The normalized spacial score (nSPS) is 20.2. The Morgan fingerprint density at radius 1 is 1.38 bits per heavy atom. The zero-order valence-electron chi connectivity index (χ0n) is 13.2. The Hall–Kier alpha value is -3.09. The van der Waals surface area contributed by atoms with Crippen LogP contribution < -0.4 is 5.73 Å². The van der Waals surface area contributed by atoms with Crippen LogP contribution in [0.25, 0.3) is 5.69 Å². The van der Waals surface area contributed by atoms with Crippen LogP contribution in [-0.4, -0.2) is 45.5 Å². The highest BCUT2D eigenvalue weighted by Crippen LogP contribution is 2.35. The second kappa shape index (κ2) is 6.33. The lowest BCUT2D eigenvalue weighted by Gasteiger charge is -2.26. The number of nitriles is 1. The second-order valence-electron chi connectivity index (χ2n) is 5.87. The van der Waals surface area contributed by atoms with Crippen LogP contribution in [0.1, 0.15) is 22.3 Å². The Labute approximate surface area is 145 Å². The Bertz CT molecular complexity index is 885. The van der Waals surface area contributed by atoms with Gasteiger partial charge in [0.15, 0.2) is 0 Å². The molecular weight excluding hydrogens is 354 g/mol. The number of halogens is 4. The predicted octanol–water partition coefficient (Wildman–Crippen LogP) is 2.44. The Balaban J connectivity index is 1.94. The van der Waals surface area contributed by atoms with Crippen LogP contribution in [0.15, 0.2) is 30.5 Å². The summed E-state index contributed by atoms with van der Waals surface area (Å²) >= 11 is 0. The molecule has 1 amide bonds. The molecule has 3 rings (SSSR count). The molecule has 0 radical (unpaired) electrons. The molecule has 2 N–H and O–H groups in total. The number of carbonyl (C=O) groups excluding carboxylic acids is 1. The van der Waals surface area contributed by atoms with E-state index in [1.54, 1.807) is 0 Å². The monoisotopic (exact) mass is 367 g/mol. The molecule has 2 heterocycles. The first kappa shape index (κ1) is 17.7. The predicted molar refractivity (Wildman–Crippen MR) is 83.1 cm³/mol. The number of nitrogens with two attached hydrogens (primary N) is 1. The van der Waals surface area contributed by atoms with E-state index < -0.39 is 37.3 Å². The number of nitrogens with zero attached hydrogens (tertiary/aromatic N) is 4. The summed E-state index contributed by atoms with van der Waals surface area (Å²) in [6.07, 6.45) is -5.97. The maximum Gasteiger partial charge on any atom is 0.408 e. The molecule has 1 aromatic carbocycles. The number of anilines is 1. The van der Waals surface area contributed by atoms with Crippen LogP contribution in [-0.2, 0) is 0 Å². The molecule has 1 aliphatic rings. The quantitative estimate of drug-likeness (QED) is 0.826.